The lowest BCUT2D eigenvalue weighted by Gasteiger charge is -2.49. The van der Waals surface area contributed by atoms with Crippen molar-refractivity contribution in [1.29, 1.82) is 0 Å². The van der Waals surface area contributed by atoms with Crippen molar-refractivity contribution in [1.82, 2.24) is 0 Å². The van der Waals surface area contributed by atoms with Gasteiger partial charge in [-0.15, -0.1) is 0 Å². The first-order valence-corrected chi connectivity index (χ1v) is 17.3. The van der Waals surface area contributed by atoms with Crippen LogP contribution < -0.4 is 46.8 Å². The highest BCUT2D eigenvalue weighted by molar-refractivity contribution is 7.27. The number of benzene rings is 7. The van der Waals surface area contributed by atoms with E-state index in [1.807, 2.05) is 0 Å². The number of ether oxygens (including phenoxy) is 1. The molecule has 3 heterocycles. The maximum atomic E-state index is 6.86. The largest absolute Gasteiger partial charge is 0.458 e. The van der Waals surface area contributed by atoms with Crippen molar-refractivity contribution >= 4 is 79.8 Å². The summed E-state index contributed by atoms with van der Waals surface area (Å²) in [6, 6.07) is 58.4. The lowest BCUT2D eigenvalue weighted by Crippen LogP contribution is -2.87. The van der Waals surface area contributed by atoms with Crippen LogP contribution in [0, 0.1) is 0 Å². The van der Waals surface area contributed by atoms with Crippen LogP contribution in [0.1, 0.15) is 0 Å². The molecule has 4 heteroatoms. The molecule has 10 rings (SSSR count). The molecule has 2 nitrogen and oxygen atoms in total. The van der Waals surface area contributed by atoms with Crippen molar-refractivity contribution < 1.29 is 4.74 Å². The van der Waals surface area contributed by atoms with Gasteiger partial charge in [-0.2, -0.15) is 0 Å². The van der Waals surface area contributed by atoms with E-state index in [1.165, 1.54) is 65.0 Å². The molecule has 3 aliphatic rings. The topological polar surface area (TPSA) is 12.5 Å². The summed E-state index contributed by atoms with van der Waals surface area (Å²) in [5, 5.41) is 8.18. The van der Waals surface area contributed by atoms with Gasteiger partial charge in [0.05, 0.1) is 0 Å². The SMILES string of the molecule is c1ccc([Si]2(c3ccccc3)c3cccc4c3B3c5c(cccc5N(c5ccc6ccccc6c5)c5cccc2c53)O4)cc1. The second-order valence-corrected chi connectivity index (χ2v) is 15.8. The van der Waals surface area contributed by atoms with Crippen LogP contribution in [0.5, 0.6) is 11.5 Å². The molecule has 0 saturated heterocycles. The fraction of sp³-hybridized carbons (Fsp3) is 0. The predicted molar refractivity (Wildman–Crippen MR) is 187 cm³/mol. The molecule has 204 valence electrons. The molecule has 0 unspecified atom stereocenters. The first kappa shape index (κ1) is 24.2. The summed E-state index contributed by atoms with van der Waals surface area (Å²) in [6.07, 6.45) is 0. The Balaban J connectivity index is 1.37. The van der Waals surface area contributed by atoms with E-state index >= 15 is 0 Å². The van der Waals surface area contributed by atoms with Gasteiger partial charge in [-0.3, -0.25) is 0 Å². The van der Waals surface area contributed by atoms with Gasteiger partial charge in [0.2, 0.25) is 0 Å². The highest BCUT2D eigenvalue weighted by atomic mass is 28.3. The van der Waals surface area contributed by atoms with Crippen molar-refractivity contribution in [3.05, 3.63) is 158 Å². The molecular weight excluding hydrogens is 549 g/mol. The Hall–Kier alpha value is -5.32. The average Bonchev–Trinajstić information content (AvgIpc) is 3.09. The lowest BCUT2D eigenvalue weighted by molar-refractivity contribution is 0.488. The minimum Gasteiger partial charge on any atom is -0.458 e. The smallest absolute Gasteiger partial charge is 0.256 e. The molecule has 44 heavy (non-hydrogen) atoms. The molecule has 0 N–H and O–H groups in total. The number of nitrogens with zero attached hydrogens (tertiary/aromatic N) is 1. The van der Waals surface area contributed by atoms with E-state index in [1.54, 1.807) is 0 Å². The molecule has 0 aromatic heterocycles. The highest BCUT2D eigenvalue weighted by Gasteiger charge is 2.55. The quantitative estimate of drug-likeness (QED) is 0.277. The van der Waals surface area contributed by atoms with Crippen molar-refractivity contribution in [2.75, 3.05) is 4.90 Å². The summed E-state index contributed by atoms with van der Waals surface area (Å²) in [5.41, 5.74) is 7.65. The monoisotopic (exact) mass is 575 g/mol. The van der Waals surface area contributed by atoms with Crippen molar-refractivity contribution in [3.63, 3.8) is 0 Å². The third-order valence-corrected chi connectivity index (χ3v) is 14.9. The van der Waals surface area contributed by atoms with Crippen LogP contribution in [0.15, 0.2) is 158 Å². The number of hydrogen-bond acceptors (Lipinski definition) is 2. The summed E-state index contributed by atoms with van der Waals surface area (Å²) >= 11 is 0. The van der Waals surface area contributed by atoms with Crippen molar-refractivity contribution in [3.8, 4) is 11.5 Å². The third kappa shape index (κ3) is 3.00. The second-order valence-electron chi connectivity index (χ2n) is 12.0. The minimum atomic E-state index is -2.74. The van der Waals surface area contributed by atoms with Gasteiger partial charge in [0.1, 0.15) is 11.5 Å². The van der Waals surface area contributed by atoms with Gasteiger partial charge in [0.25, 0.3) is 6.71 Å². The van der Waals surface area contributed by atoms with Crippen LogP contribution in [-0.2, 0) is 0 Å². The Morgan fingerprint density at radius 3 is 1.75 bits per heavy atom. The van der Waals surface area contributed by atoms with Gasteiger partial charge in [-0.1, -0.05) is 121 Å². The highest BCUT2D eigenvalue weighted by Crippen LogP contribution is 2.41. The van der Waals surface area contributed by atoms with Crippen LogP contribution in [0.25, 0.3) is 10.8 Å². The Labute approximate surface area is 257 Å². The van der Waals surface area contributed by atoms with Crippen molar-refractivity contribution in [2.45, 2.75) is 0 Å². The van der Waals surface area contributed by atoms with Gasteiger partial charge in [-0.25, -0.2) is 0 Å². The first-order valence-electron chi connectivity index (χ1n) is 15.3. The molecule has 0 atom stereocenters. The Morgan fingerprint density at radius 1 is 0.455 bits per heavy atom. The number of anilines is 3. The summed E-state index contributed by atoms with van der Waals surface area (Å²) < 4.78 is 6.86. The zero-order valence-electron chi connectivity index (χ0n) is 23.9. The average molecular weight is 576 g/mol. The first-order chi connectivity index (χ1) is 21.8. The second kappa shape index (κ2) is 8.85. The molecule has 0 saturated carbocycles. The standard InChI is InChI=1S/C40H26BNOSi/c1-3-14-30(15-4-1)44(31-16-5-2-6-17-31)36-22-10-19-33-39(36)41-38-32(42(33)29-25-24-27-12-7-8-13-28(27)26-29)18-9-20-34(38)43-35-21-11-23-37(44)40(35)41/h1-26H. The van der Waals surface area contributed by atoms with Gasteiger partial charge in [-0.05, 0) is 84.3 Å². The van der Waals surface area contributed by atoms with E-state index in [-0.39, 0.29) is 6.71 Å². The van der Waals surface area contributed by atoms with E-state index < -0.39 is 8.07 Å². The van der Waals surface area contributed by atoms with Crippen LogP contribution in [0.3, 0.4) is 0 Å². The maximum absolute atomic E-state index is 6.86. The maximum Gasteiger partial charge on any atom is 0.256 e. The molecule has 0 aliphatic carbocycles. The number of rotatable bonds is 3. The van der Waals surface area contributed by atoms with E-state index in [0.717, 1.165) is 11.5 Å². The lowest BCUT2D eigenvalue weighted by atomic mass is 9.34. The summed E-state index contributed by atoms with van der Waals surface area (Å²) in [5.74, 6) is 1.94. The van der Waals surface area contributed by atoms with Crippen LogP contribution in [0.4, 0.5) is 17.1 Å². The zero-order valence-corrected chi connectivity index (χ0v) is 24.9. The van der Waals surface area contributed by atoms with Crippen LogP contribution in [0.2, 0.25) is 0 Å². The molecule has 0 spiro atoms. The molecule has 0 bridgehead atoms. The molecule has 3 aliphatic heterocycles. The van der Waals surface area contributed by atoms with Crippen molar-refractivity contribution in [2.24, 2.45) is 0 Å². The van der Waals surface area contributed by atoms with E-state index in [2.05, 4.69) is 163 Å². The van der Waals surface area contributed by atoms with E-state index in [4.69, 9.17) is 4.74 Å². The molecular formula is C40H26BNOSi. The number of hydrogen-bond donors (Lipinski definition) is 0. The summed E-state index contributed by atoms with van der Waals surface area (Å²) in [7, 11) is -2.74. The zero-order chi connectivity index (χ0) is 28.8. The normalized spacial score (nSPS) is 14.6. The van der Waals surface area contributed by atoms with Crippen LogP contribution in [-0.4, -0.2) is 14.8 Å². The molecule has 0 radical (unpaired) electrons. The molecule has 0 amide bonds. The minimum absolute atomic E-state index is 0.108. The van der Waals surface area contributed by atoms with Gasteiger partial charge in [0, 0.05) is 17.1 Å². The fourth-order valence-electron chi connectivity index (χ4n) is 8.33. The molecule has 7 aromatic rings. The van der Waals surface area contributed by atoms with E-state index in [0.29, 0.717) is 0 Å². The fourth-order valence-corrected chi connectivity index (χ4v) is 13.6. The van der Waals surface area contributed by atoms with E-state index in [9.17, 15) is 0 Å². The van der Waals surface area contributed by atoms with Crippen LogP contribution >= 0.6 is 0 Å². The summed E-state index contributed by atoms with van der Waals surface area (Å²) in [4.78, 5) is 2.48. The number of fused-ring (bicyclic) bond motifs is 1. The van der Waals surface area contributed by atoms with Gasteiger partial charge >= 0.3 is 0 Å². The van der Waals surface area contributed by atoms with Gasteiger partial charge < -0.3 is 9.64 Å². The Morgan fingerprint density at radius 2 is 1.02 bits per heavy atom. The van der Waals surface area contributed by atoms with Gasteiger partial charge in [0.15, 0.2) is 8.07 Å². The predicted octanol–water partition coefficient (Wildman–Crippen LogP) is 4.94. The third-order valence-electron chi connectivity index (χ3n) is 9.97. The Kier molecular flexibility index (Phi) is 4.86. The Bertz CT molecular complexity index is 2240. The summed E-state index contributed by atoms with van der Waals surface area (Å²) in [6.45, 7) is 0.108. The molecule has 7 aromatic carbocycles. The molecule has 0 fully saturated rings.